The van der Waals surface area contributed by atoms with Crippen molar-refractivity contribution in [3.63, 3.8) is 0 Å². The van der Waals surface area contributed by atoms with Crippen molar-refractivity contribution in [1.82, 2.24) is 9.97 Å². The van der Waals surface area contributed by atoms with Gasteiger partial charge in [-0.1, -0.05) is 36.4 Å². The molecule has 0 amide bonds. The first-order valence-electron chi connectivity index (χ1n) is 9.37. The van der Waals surface area contributed by atoms with E-state index in [9.17, 15) is 17.4 Å². The highest BCUT2D eigenvalue weighted by molar-refractivity contribution is 7.82. The lowest BCUT2D eigenvalue weighted by molar-refractivity contribution is -0.274. The number of aromatic amines is 1. The third-order valence-electron chi connectivity index (χ3n) is 4.75. The molecule has 0 fully saturated rings. The Labute approximate surface area is 178 Å². The summed E-state index contributed by atoms with van der Waals surface area (Å²) in [6.07, 6.45) is -3.50. The topological polar surface area (TPSA) is 81.0 Å². The van der Waals surface area contributed by atoms with E-state index in [1.54, 1.807) is 24.3 Å². The number of imidazole rings is 1. The van der Waals surface area contributed by atoms with Crippen molar-refractivity contribution in [2.45, 2.75) is 24.1 Å². The molecule has 3 N–H and O–H groups in total. The molecule has 3 aromatic carbocycles. The van der Waals surface area contributed by atoms with Crippen LogP contribution in [0.1, 0.15) is 11.4 Å². The maximum atomic E-state index is 12.3. The Morgan fingerprint density at radius 2 is 1.74 bits per heavy atom. The summed E-state index contributed by atoms with van der Waals surface area (Å²) in [6, 6.07) is 18.8. The van der Waals surface area contributed by atoms with E-state index in [1.165, 1.54) is 12.1 Å². The summed E-state index contributed by atoms with van der Waals surface area (Å²) >= 11 is 0. The van der Waals surface area contributed by atoms with Crippen LogP contribution in [0.3, 0.4) is 0 Å². The molecule has 31 heavy (non-hydrogen) atoms. The number of halogens is 3. The molecular weight excluding hydrogens is 427 g/mol. The van der Waals surface area contributed by atoms with Crippen LogP contribution in [0.4, 0.5) is 13.2 Å². The van der Waals surface area contributed by atoms with Crippen LogP contribution in [-0.4, -0.2) is 20.5 Å². The molecule has 0 aliphatic heterocycles. The Morgan fingerprint density at radius 1 is 1.00 bits per heavy atom. The summed E-state index contributed by atoms with van der Waals surface area (Å²) < 4.78 is 52.5. The summed E-state index contributed by atoms with van der Waals surface area (Å²) in [5.41, 5.74) is 4.16. The third kappa shape index (κ3) is 5.12. The van der Waals surface area contributed by atoms with Crippen LogP contribution in [0.25, 0.3) is 22.2 Å². The molecule has 160 valence electrons. The van der Waals surface area contributed by atoms with Gasteiger partial charge in [0.05, 0.1) is 15.9 Å². The molecule has 0 aliphatic rings. The Balaban J connectivity index is 1.50. The van der Waals surface area contributed by atoms with Crippen molar-refractivity contribution in [3.8, 4) is 16.9 Å². The summed E-state index contributed by atoms with van der Waals surface area (Å²) in [4.78, 5) is 8.40. The number of nitrogens with two attached hydrogens (primary N) is 1. The molecule has 1 heterocycles. The fraction of sp³-hybridized carbons (Fsp3) is 0.136. The Kier molecular flexibility index (Phi) is 5.79. The van der Waals surface area contributed by atoms with Gasteiger partial charge in [-0.25, -0.2) is 14.3 Å². The van der Waals surface area contributed by atoms with Gasteiger partial charge in [-0.05, 0) is 53.4 Å². The largest absolute Gasteiger partial charge is 0.573 e. The first-order valence-corrected chi connectivity index (χ1v) is 10.6. The normalized spacial score (nSPS) is 12.8. The number of benzene rings is 3. The third-order valence-corrected chi connectivity index (χ3v) is 5.54. The number of rotatable bonds is 6. The second-order valence-corrected chi connectivity index (χ2v) is 7.94. The lowest BCUT2D eigenvalue weighted by atomic mass is 10.1. The fourth-order valence-corrected chi connectivity index (χ4v) is 3.96. The van der Waals surface area contributed by atoms with Crippen molar-refractivity contribution in [2.24, 2.45) is 5.14 Å². The quantitative estimate of drug-likeness (QED) is 0.443. The average molecular weight is 445 g/mol. The second kappa shape index (κ2) is 8.52. The van der Waals surface area contributed by atoms with Gasteiger partial charge in [-0.15, -0.1) is 13.2 Å². The zero-order chi connectivity index (χ0) is 22.0. The minimum atomic E-state index is -4.70. The van der Waals surface area contributed by atoms with Crippen LogP contribution in [0.5, 0.6) is 5.75 Å². The molecule has 1 atom stereocenters. The minimum Gasteiger partial charge on any atom is -0.406 e. The van der Waals surface area contributed by atoms with Crippen LogP contribution in [0, 0.1) is 0 Å². The Morgan fingerprint density at radius 3 is 2.45 bits per heavy atom. The van der Waals surface area contributed by atoms with Gasteiger partial charge in [0, 0.05) is 6.42 Å². The molecule has 4 aromatic rings. The lowest BCUT2D eigenvalue weighted by Gasteiger charge is -2.09. The number of alkyl halides is 3. The Hall–Kier alpha value is -3.17. The number of hydrogen-bond donors (Lipinski definition) is 2. The smallest absolute Gasteiger partial charge is 0.406 e. The van der Waals surface area contributed by atoms with E-state index in [4.69, 9.17) is 5.14 Å². The van der Waals surface area contributed by atoms with Crippen LogP contribution < -0.4 is 9.88 Å². The van der Waals surface area contributed by atoms with E-state index < -0.39 is 17.3 Å². The highest BCUT2D eigenvalue weighted by Gasteiger charge is 2.30. The Bertz CT molecular complexity index is 1240. The number of H-pyrrole nitrogens is 1. The molecule has 0 saturated carbocycles. The van der Waals surface area contributed by atoms with Crippen LogP contribution in [0.15, 0.2) is 71.6 Å². The lowest BCUT2D eigenvalue weighted by Crippen LogP contribution is -2.17. The van der Waals surface area contributed by atoms with E-state index in [0.717, 1.165) is 33.5 Å². The van der Waals surface area contributed by atoms with Crippen molar-refractivity contribution >= 4 is 22.0 Å². The molecule has 1 unspecified atom stereocenters. The summed E-state index contributed by atoms with van der Waals surface area (Å²) in [7, 11) is -1.60. The van der Waals surface area contributed by atoms with Gasteiger partial charge in [0.15, 0.2) is 0 Å². The number of hydrogen-bond acceptors (Lipinski definition) is 3. The number of aryl methyl sites for hydroxylation is 2. The summed E-state index contributed by atoms with van der Waals surface area (Å²) in [5, 5.41) is 5.59. The van der Waals surface area contributed by atoms with Gasteiger partial charge in [0.2, 0.25) is 0 Å². The van der Waals surface area contributed by atoms with Gasteiger partial charge in [0.1, 0.15) is 22.6 Å². The molecule has 0 aliphatic carbocycles. The number of aromatic nitrogens is 2. The predicted molar refractivity (Wildman–Crippen MR) is 113 cm³/mol. The number of nitrogens with one attached hydrogen (secondary N) is 1. The average Bonchev–Trinajstić information content (AvgIpc) is 3.14. The number of ether oxygens (including phenoxy) is 1. The minimum absolute atomic E-state index is 0.244. The van der Waals surface area contributed by atoms with Gasteiger partial charge in [0.25, 0.3) is 0 Å². The van der Waals surface area contributed by atoms with Gasteiger partial charge < -0.3 is 9.72 Å². The standard InChI is InChI=1S/C22H18F3N3O2S/c23-22(24,25)30-16-9-5-14(6-10-16)7-12-21-27-18-11-8-15(13-19(18)28-21)17-3-1-2-4-20(17)31(26)29/h1-6,8-11,13H,7,12,26H2,(H,27,28). The maximum absolute atomic E-state index is 12.3. The van der Waals surface area contributed by atoms with E-state index in [1.807, 2.05) is 30.3 Å². The van der Waals surface area contributed by atoms with Gasteiger partial charge >= 0.3 is 6.36 Å². The van der Waals surface area contributed by atoms with E-state index in [-0.39, 0.29) is 5.75 Å². The SMILES string of the molecule is NS(=O)c1ccccc1-c1ccc2nc(CCc3ccc(OC(F)(F)F)cc3)[nH]c2c1. The molecule has 0 saturated heterocycles. The van der Waals surface area contributed by atoms with E-state index in [0.29, 0.717) is 17.7 Å². The monoisotopic (exact) mass is 445 g/mol. The molecule has 0 spiro atoms. The molecule has 0 bridgehead atoms. The first-order chi connectivity index (χ1) is 14.8. The zero-order valence-corrected chi connectivity index (χ0v) is 17.0. The highest BCUT2D eigenvalue weighted by Crippen LogP contribution is 2.28. The molecular formula is C22H18F3N3O2S. The number of fused-ring (bicyclic) bond motifs is 1. The number of nitrogens with zero attached hydrogens (tertiary/aromatic N) is 1. The maximum Gasteiger partial charge on any atom is 0.573 e. The molecule has 9 heteroatoms. The second-order valence-electron chi connectivity index (χ2n) is 6.90. The highest BCUT2D eigenvalue weighted by atomic mass is 32.2. The fourth-order valence-electron chi connectivity index (χ4n) is 3.35. The predicted octanol–water partition coefficient (Wildman–Crippen LogP) is 4.90. The van der Waals surface area contributed by atoms with Crippen molar-refractivity contribution in [2.75, 3.05) is 0 Å². The van der Waals surface area contributed by atoms with Gasteiger partial charge in [-0.3, -0.25) is 0 Å². The molecule has 0 radical (unpaired) electrons. The van der Waals surface area contributed by atoms with Crippen LogP contribution >= 0.6 is 0 Å². The molecule has 5 nitrogen and oxygen atoms in total. The molecule has 1 aromatic heterocycles. The first kappa shape index (κ1) is 21.1. The van der Waals surface area contributed by atoms with E-state index >= 15 is 0 Å². The zero-order valence-electron chi connectivity index (χ0n) is 16.1. The van der Waals surface area contributed by atoms with Crippen molar-refractivity contribution < 1.29 is 22.1 Å². The molecule has 4 rings (SSSR count). The van der Waals surface area contributed by atoms with Crippen molar-refractivity contribution in [1.29, 1.82) is 0 Å². The summed E-state index contributed by atoms with van der Waals surface area (Å²) in [6.45, 7) is 0. The van der Waals surface area contributed by atoms with Crippen molar-refractivity contribution in [3.05, 3.63) is 78.1 Å². The van der Waals surface area contributed by atoms with E-state index in [2.05, 4.69) is 14.7 Å². The van der Waals surface area contributed by atoms with Crippen LogP contribution in [0.2, 0.25) is 0 Å². The van der Waals surface area contributed by atoms with Crippen LogP contribution in [-0.2, 0) is 23.8 Å². The van der Waals surface area contributed by atoms with Gasteiger partial charge in [-0.2, -0.15) is 0 Å². The summed E-state index contributed by atoms with van der Waals surface area (Å²) in [5.74, 6) is 0.518.